The third-order valence-corrected chi connectivity index (χ3v) is 5.94. The molecule has 0 aliphatic carbocycles. The maximum absolute atomic E-state index is 12.7. The molecule has 226 valence electrons. The molecule has 0 fully saturated rings. The summed E-state index contributed by atoms with van der Waals surface area (Å²) in [5.41, 5.74) is 13.2. The topological polar surface area (TPSA) is 192 Å². The van der Waals surface area contributed by atoms with Gasteiger partial charge in [0, 0.05) is 41.6 Å². The van der Waals surface area contributed by atoms with E-state index in [1.165, 1.54) is 36.1 Å². The number of benzene rings is 2. The first-order valence-corrected chi connectivity index (χ1v) is 13.1. The maximum atomic E-state index is 12.7. The third kappa shape index (κ3) is 9.04. The van der Waals surface area contributed by atoms with Gasteiger partial charge in [-0.2, -0.15) is 0 Å². The largest absolute Gasteiger partial charge is 0.466 e. The van der Waals surface area contributed by atoms with Crippen LogP contribution in [-0.2, 0) is 14.3 Å². The summed E-state index contributed by atoms with van der Waals surface area (Å²) in [4.78, 5) is 51.3. The van der Waals surface area contributed by atoms with Gasteiger partial charge in [0.25, 0.3) is 11.6 Å². The second-order valence-corrected chi connectivity index (χ2v) is 10.7. The van der Waals surface area contributed by atoms with Gasteiger partial charge < -0.3 is 26.3 Å². The monoisotopic (exact) mass is 582 g/mol. The number of nitro benzene ring substituents is 1. The van der Waals surface area contributed by atoms with Crippen molar-refractivity contribution in [1.29, 1.82) is 0 Å². The normalized spacial score (nSPS) is 14.5. The highest BCUT2D eigenvalue weighted by molar-refractivity contribution is 6.05. The predicted octanol–water partition coefficient (Wildman–Crippen LogP) is 4.65. The summed E-state index contributed by atoms with van der Waals surface area (Å²) in [6, 6.07) is 12.0. The molecule has 0 radical (unpaired) electrons. The Morgan fingerprint density at radius 1 is 1.14 bits per heavy atom. The van der Waals surface area contributed by atoms with Gasteiger partial charge in [-0.05, 0) is 71.9 Å². The molecule has 3 rings (SSSR count). The van der Waals surface area contributed by atoms with Crippen LogP contribution in [0.15, 0.2) is 64.8 Å². The van der Waals surface area contributed by atoms with Crippen molar-refractivity contribution in [1.82, 2.24) is 4.90 Å². The first kappa shape index (κ1) is 33.3. The van der Waals surface area contributed by atoms with Crippen molar-refractivity contribution in [2.24, 2.45) is 16.5 Å². The Morgan fingerprint density at radius 2 is 1.76 bits per heavy atom. The third-order valence-electron chi connectivity index (χ3n) is 5.94. The van der Waals surface area contributed by atoms with E-state index in [0.29, 0.717) is 29.3 Å². The molecule has 5 N–H and O–H groups in total. The van der Waals surface area contributed by atoms with Crippen LogP contribution >= 0.6 is 0 Å². The minimum atomic E-state index is -0.821. The van der Waals surface area contributed by atoms with E-state index in [4.69, 9.17) is 16.2 Å². The second kappa shape index (κ2) is 13.6. The van der Waals surface area contributed by atoms with Gasteiger partial charge in [0.2, 0.25) is 0 Å². The zero-order chi connectivity index (χ0) is 31.8. The van der Waals surface area contributed by atoms with Crippen LogP contribution in [0.25, 0.3) is 0 Å². The molecule has 2 aromatic rings. The van der Waals surface area contributed by atoms with Crippen molar-refractivity contribution in [3.8, 4) is 0 Å². The van der Waals surface area contributed by atoms with Crippen molar-refractivity contribution in [3.05, 3.63) is 75.5 Å². The Bertz CT molecular complexity index is 1390. The Labute approximate surface area is 244 Å². The van der Waals surface area contributed by atoms with Crippen LogP contribution in [0.1, 0.15) is 58.8 Å². The van der Waals surface area contributed by atoms with E-state index < -0.39 is 28.1 Å². The Balaban J connectivity index is 0.000000928. The molecule has 0 bridgehead atoms. The lowest BCUT2D eigenvalue weighted by molar-refractivity contribution is -0.384. The number of ether oxygens (including phenoxy) is 2. The Kier molecular flexibility index (Phi) is 10.8. The quantitative estimate of drug-likeness (QED) is 0.143. The molecule has 13 nitrogen and oxygen atoms in total. The number of aliphatic imine (C=N–C) groups is 1. The van der Waals surface area contributed by atoms with Gasteiger partial charge in [0.1, 0.15) is 11.4 Å². The summed E-state index contributed by atoms with van der Waals surface area (Å²) in [5.74, 6) is -0.500. The molecule has 1 heterocycles. The maximum Gasteiger partial charge on any atom is 0.411 e. The fraction of sp³-hybridized carbons (Fsp3) is 0.379. The minimum absolute atomic E-state index is 0.104. The summed E-state index contributed by atoms with van der Waals surface area (Å²) in [5, 5.41) is 13.5. The number of hydrogen-bond acceptors (Lipinski definition) is 9. The van der Waals surface area contributed by atoms with Crippen LogP contribution in [-0.4, -0.2) is 57.9 Å². The smallest absolute Gasteiger partial charge is 0.411 e. The number of non-ortho nitro benzene ring substituents is 1. The number of nitro groups is 1. The molecular formula is C29H38N6O7. The lowest BCUT2D eigenvalue weighted by Crippen LogP contribution is -2.48. The van der Waals surface area contributed by atoms with Crippen molar-refractivity contribution < 1.29 is 28.8 Å². The molecule has 0 atom stereocenters. The summed E-state index contributed by atoms with van der Waals surface area (Å²) >= 11 is 0. The number of nitrogens with one attached hydrogen (secondary N) is 1. The molecule has 0 aromatic heterocycles. The molecule has 0 spiro atoms. The van der Waals surface area contributed by atoms with Gasteiger partial charge in [-0.15, -0.1) is 0 Å². The Hall–Kier alpha value is -4.94. The lowest BCUT2D eigenvalue weighted by Gasteiger charge is -2.34. The minimum Gasteiger partial charge on any atom is -0.466 e. The lowest BCUT2D eigenvalue weighted by atomic mass is 10.0. The fourth-order valence-electron chi connectivity index (χ4n) is 3.79. The average Bonchev–Trinajstić information content (AvgIpc) is 3.12. The molecule has 1 aliphatic heterocycles. The van der Waals surface area contributed by atoms with Crippen LogP contribution in [0.5, 0.6) is 0 Å². The number of amides is 2. The van der Waals surface area contributed by atoms with Gasteiger partial charge in [0.05, 0.1) is 29.3 Å². The van der Waals surface area contributed by atoms with E-state index in [2.05, 4.69) is 15.0 Å². The van der Waals surface area contributed by atoms with Gasteiger partial charge in [-0.1, -0.05) is 6.07 Å². The van der Waals surface area contributed by atoms with E-state index in [9.17, 15) is 24.5 Å². The molecule has 1 aliphatic rings. The number of hydrogen-bond donors (Lipinski definition) is 3. The number of esters is 1. The van der Waals surface area contributed by atoms with Gasteiger partial charge in [-0.25, -0.2) is 9.79 Å². The number of carbonyl (C=O) groups is 3. The SMILES string of the molecule is CC(C)(C)OC(=O)N1CC(C(N)=Nc2cccc(NC(=O)c3ccc([N+](=O)[O-])cc3)c2)=C(N)C1(C)C.CCOC(C)=O. The number of carbonyl (C=O) groups excluding carboxylic acids is 3. The number of rotatable bonds is 6. The molecule has 13 heteroatoms. The van der Waals surface area contributed by atoms with Crippen LogP contribution < -0.4 is 16.8 Å². The molecule has 0 saturated heterocycles. The molecule has 2 aromatic carbocycles. The summed E-state index contributed by atoms with van der Waals surface area (Å²) in [6.07, 6.45) is -0.505. The van der Waals surface area contributed by atoms with Crippen molar-refractivity contribution in [2.75, 3.05) is 18.5 Å². The molecule has 0 saturated carbocycles. The number of amidine groups is 1. The van der Waals surface area contributed by atoms with Crippen LogP contribution in [0, 0.1) is 10.1 Å². The van der Waals surface area contributed by atoms with E-state index in [0.717, 1.165) is 0 Å². The van der Waals surface area contributed by atoms with Crippen molar-refractivity contribution in [3.63, 3.8) is 0 Å². The van der Waals surface area contributed by atoms with Crippen molar-refractivity contribution in [2.45, 2.75) is 59.6 Å². The van der Waals surface area contributed by atoms with Crippen LogP contribution in [0.2, 0.25) is 0 Å². The van der Waals surface area contributed by atoms with Gasteiger partial charge in [-0.3, -0.25) is 24.6 Å². The molecule has 42 heavy (non-hydrogen) atoms. The zero-order valence-corrected chi connectivity index (χ0v) is 24.9. The predicted molar refractivity (Wildman–Crippen MR) is 159 cm³/mol. The van der Waals surface area contributed by atoms with Gasteiger partial charge >= 0.3 is 12.1 Å². The van der Waals surface area contributed by atoms with E-state index in [-0.39, 0.29) is 29.6 Å². The molecule has 2 amide bonds. The van der Waals surface area contributed by atoms with E-state index in [1.807, 2.05) is 0 Å². The summed E-state index contributed by atoms with van der Waals surface area (Å²) in [6.45, 7) is 12.8. The first-order chi connectivity index (χ1) is 19.5. The van der Waals surface area contributed by atoms with Crippen LogP contribution in [0.4, 0.5) is 21.9 Å². The number of anilines is 1. The highest BCUT2D eigenvalue weighted by Crippen LogP contribution is 2.33. The zero-order valence-electron chi connectivity index (χ0n) is 24.9. The van der Waals surface area contributed by atoms with E-state index in [1.54, 1.807) is 65.8 Å². The summed E-state index contributed by atoms with van der Waals surface area (Å²) in [7, 11) is 0. The Morgan fingerprint density at radius 3 is 2.26 bits per heavy atom. The van der Waals surface area contributed by atoms with Crippen molar-refractivity contribution >= 4 is 40.9 Å². The van der Waals surface area contributed by atoms with Crippen LogP contribution in [0.3, 0.4) is 0 Å². The average molecular weight is 583 g/mol. The second-order valence-electron chi connectivity index (χ2n) is 10.7. The number of nitrogens with zero attached hydrogens (tertiary/aromatic N) is 3. The van der Waals surface area contributed by atoms with E-state index >= 15 is 0 Å². The highest BCUT2D eigenvalue weighted by Gasteiger charge is 2.43. The summed E-state index contributed by atoms with van der Waals surface area (Å²) < 4.78 is 9.91. The molecule has 0 unspecified atom stereocenters. The number of nitrogens with two attached hydrogens (primary N) is 2. The molecular weight excluding hydrogens is 544 g/mol. The van der Waals surface area contributed by atoms with Gasteiger partial charge in [0.15, 0.2) is 0 Å². The first-order valence-electron chi connectivity index (χ1n) is 13.1. The highest BCUT2D eigenvalue weighted by atomic mass is 16.6. The standard InChI is InChI=1S/C25H30N6O5.C4H8O2/c1-24(2,3)36-23(33)30-14-19(20(26)25(30,4)5)21(27)28-16-7-6-8-17(13-16)29-22(32)15-9-11-18(12-10-15)31(34)35;1-3-6-4(2)5/h6-13H,14,26H2,1-5H3,(H2,27,28)(H,29,32);3H2,1-2H3. The fourth-order valence-corrected chi connectivity index (χ4v) is 3.79.